The van der Waals surface area contributed by atoms with Gasteiger partial charge in [-0.25, -0.2) is 4.98 Å². The quantitative estimate of drug-likeness (QED) is 0.350. The molecule has 176 valence electrons. The van der Waals surface area contributed by atoms with Crippen molar-refractivity contribution in [3.05, 3.63) is 40.3 Å². The molecule has 5 rings (SSSR count). The number of pyridine rings is 1. The summed E-state index contributed by atoms with van der Waals surface area (Å²) in [5, 5.41) is 10.6. The van der Waals surface area contributed by atoms with Crippen LogP contribution >= 0.6 is 23.1 Å². The summed E-state index contributed by atoms with van der Waals surface area (Å²) in [6.45, 7) is 6.86. The van der Waals surface area contributed by atoms with Crippen molar-refractivity contribution in [3.63, 3.8) is 0 Å². The number of piperidine rings is 1. The maximum Gasteiger partial charge on any atom is 0.433 e. The number of hydrogen-bond donors (Lipinski definition) is 0. The molecule has 1 aliphatic carbocycles. The van der Waals surface area contributed by atoms with Crippen molar-refractivity contribution in [2.24, 2.45) is 13.0 Å². The second-order valence-electron chi connectivity index (χ2n) is 8.94. The molecule has 11 heteroatoms. The Morgan fingerprint density at radius 1 is 1.24 bits per heavy atom. The topological polar surface area (TPSA) is 59.7 Å². The van der Waals surface area contributed by atoms with E-state index in [1.807, 2.05) is 25.5 Å². The standard InChI is InChI=1S/C22H25F3N6S2/c1-13-18(33-14(2)27-13)19-28-29-20(30(19)3)32-8-4-7-31-11-16-9-21(16,12-31)15-5-6-17(26-10-15)22(23,24)25/h5-6,10,16H,4,7-9,11-12H2,1-3H3/t16-,21+/m1/s1. The van der Waals surface area contributed by atoms with Crippen molar-refractivity contribution < 1.29 is 13.2 Å². The highest BCUT2D eigenvalue weighted by Gasteiger charge is 2.60. The van der Waals surface area contributed by atoms with E-state index in [9.17, 15) is 13.2 Å². The molecule has 3 aromatic heterocycles. The first-order chi connectivity index (χ1) is 15.7. The van der Waals surface area contributed by atoms with Gasteiger partial charge in [0.05, 0.1) is 15.6 Å². The zero-order valence-electron chi connectivity index (χ0n) is 18.7. The van der Waals surface area contributed by atoms with Crippen LogP contribution in [0, 0.1) is 19.8 Å². The summed E-state index contributed by atoms with van der Waals surface area (Å²) in [5.74, 6) is 2.31. The van der Waals surface area contributed by atoms with E-state index in [2.05, 4.69) is 25.1 Å². The third-order valence-corrected chi connectivity index (χ3v) is 8.81. The van der Waals surface area contributed by atoms with Crippen LogP contribution in [0.25, 0.3) is 10.7 Å². The number of aromatic nitrogens is 5. The Kier molecular flexibility index (Phi) is 5.77. The van der Waals surface area contributed by atoms with E-state index < -0.39 is 11.9 Å². The van der Waals surface area contributed by atoms with Gasteiger partial charge in [-0.1, -0.05) is 17.8 Å². The van der Waals surface area contributed by atoms with Crippen molar-refractivity contribution in [1.29, 1.82) is 0 Å². The molecule has 0 N–H and O–H groups in total. The van der Waals surface area contributed by atoms with E-state index in [0.29, 0.717) is 5.92 Å². The average Bonchev–Trinajstić information content (AvgIpc) is 3.00. The second-order valence-corrected chi connectivity index (χ2v) is 11.2. The Morgan fingerprint density at radius 3 is 2.73 bits per heavy atom. The number of thioether (sulfide) groups is 1. The summed E-state index contributed by atoms with van der Waals surface area (Å²) in [6.07, 6.45) is -0.899. The molecule has 0 radical (unpaired) electrons. The average molecular weight is 495 g/mol. The van der Waals surface area contributed by atoms with E-state index in [0.717, 1.165) is 76.4 Å². The minimum Gasteiger partial charge on any atom is -0.304 e. The molecule has 6 nitrogen and oxygen atoms in total. The van der Waals surface area contributed by atoms with Crippen LogP contribution in [0.2, 0.25) is 0 Å². The number of rotatable bonds is 7. The minimum atomic E-state index is -4.39. The van der Waals surface area contributed by atoms with Gasteiger partial charge in [0.15, 0.2) is 11.0 Å². The number of likely N-dealkylation sites (tertiary alicyclic amines) is 1. The molecular formula is C22H25F3N6S2. The van der Waals surface area contributed by atoms with Gasteiger partial charge >= 0.3 is 6.18 Å². The molecule has 2 atom stereocenters. The highest BCUT2D eigenvalue weighted by atomic mass is 32.2. The summed E-state index contributed by atoms with van der Waals surface area (Å²) in [6, 6.07) is 2.73. The van der Waals surface area contributed by atoms with Crippen molar-refractivity contribution in [2.75, 3.05) is 25.4 Å². The van der Waals surface area contributed by atoms with Gasteiger partial charge in [-0.15, -0.1) is 21.5 Å². The smallest absolute Gasteiger partial charge is 0.304 e. The molecule has 0 amide bonds. The van der Waals surface area contributed by atoms with Crippen LogP contribution in [-0.2, 0) is 18.6 Å². The molecule has 1 aliphatic heterocycles. The van der Waals surface area contributed by atoms with Crippen LogP contribution in [0.15, 0.2) is 23.5 Å². The molecule has 0 aromatic carbocycles. The van der Waals surface area contributed by atoms with Crippen molar-refractivity contribution in [1.82, 2.24) is 29.6 Å². The van der Waals surface area contributed by atoms with Gasteiger partial charge in [-0.3, -0.25) is 4.98 Å². The molecule has 1 saturated carbocycles. The summed E-state index contributed by atoms with van der Waals surface area (Å²) in [7, 11) is 1.99. The van der Waals surface area contributed by atoms with E-state index in [1.165, 1.54) is 6.20 Å². The Hall–Kier alpha value is -1.98. The Balaban J connectivity index is 1.13. The largest absolute Gasteiger partial charge is 0.433 e. The molecule has 4 heterocycles. The highest BCUT2D eigenvalue weighted by molar-refractivity contribution is 7.99. The fraction of sp³-hybridized carbons (Fsp3) is 0.545. The zero-order chi connectivity index (χ0) is 23.4. The first-order valence-corrected chi connectivity index (χ1v) is 12.7. The minimum absolute atomic E-state index is 0.00645. The predicted molar refractivity (Wildman–Crippen MR) is 122 cm³/mol. The van der Waals surface area contributed by atoms with Gasteiger partial charge in [-0.2, -0.15) is 13.2 Å². The molecular weight excluding hydrogens is 469 g/mol. The third kappa shape index (κ3) is 4.30. The first-order valence-electron chi connectivity index (χ1n) is 10.9. The molecule has 1 saturated heterocycles. The Morgan fingerprint density at radius 2 is 2.06 bits per heavy atom. The normalized spacial score (nSPS) is 22.7. The number of hydrogen-bond acceptors (Lipinski definition) is 7. The molecule has 0 bridgehead atoms. The van der Waals surface area contributed by atoms with Gasteiger partial charge in [0, 0.05) is 37.5 Å². The van der Waals surface area contributed by atoms with Crippen LogP contribution in [0.3, 0.4) is 0 Å². The summed E-state index contributed by atoms with van der Waals surface area (Å²) < 4.78 is 40.5. The zero-order valence-corrected chi connectivity index (χ0v) is 20.3. The maximum absolute atomic E-state index is 12.8. The monoisotopic (exact) mass is 494 g/mol. The lowest BCUT2D eigenvalue weighted by Gasteiger charge is -2.21. The van der Waals surface area contributed by atoms with Crippen molar-refractivity contribution >= 4 is 23.1 Å². The summed E-state index contributed by atoms with van der Waals surface area (Å²) in [4.78, 5) is 11.6. The van der Waals surface area contributed by atoms with Crippen molar-refractivity contribution in [3.8, 4) is 10.7 Å². The van der Waals surface area contributed by atoms with Gasteiger partial charge in [0.1, 0.15) is 5.69 Å². The van der Waals surface area contributed by atoms with Crippen LogP contribution in [-0.4, -0.2) is 55.0 Å². The number of nitrogens with zero attached hydrogens (tertiary/aromatic N) is 6. The maximum atomic E-state index is 12.8. The van der Waals surface area contributed by atoms with E-state index in [-0.39, 0.29) is 5.41 Å². The number of fused-ring (bicyclic) bond motifs is 1. The van der Waals surface area contributed by atoms with Gasteiger partial charge in [-0.05, 0) is 50.8 Å². The lowest BCUT2D eigenvalue weighted by atomic mass is 9.96. The molecule has 0 spiro atoms. The van der Waals surface area contributed by atoms with Crippen molar-refractivity contribution in [2.45, 2.75) is 43.4 Å². The van der Waals surface area contributed by atoms with Crippen LogP contribution in [0.4, 0.5) is 13.2 Å². The van der Waals surface area contributed by atoms with Crippen LogP contribution < -0.4 is 0 Å². The lowest BCUT2D eigenvalue weighted by molar-refractivity contribution is -0.141. The first kappa shape index (κ1) is 22.8. The molecule has 3 aromatic rings. The van der Waals surface area contributed by atoms with Gasteiger partial charge in [0.25, 0.3) is 0 Å². The fourth-order valence-electron chi connectivity index (χ4n) is 4.89. The number of alkyl halides is 3. The number of thiazole rings is 1. The Labute approximate surface area is 198 Å². The van der Waals surface area contributed by atoms with Crippen LogP contribution in [0.5, 0.6) is 0 Å². The molecule has 33 heavy (non-hydrogen) atoms. The van der Waals surface area contributed by atoms with E-state index >= 15 is 0 Å². The van der Waals surface area contributed by atoms with E-state index in [1.54, 1.807) is 29.2 Å². The second kappa shape index (κ2) is 8.35. The molecule has 2 aliphatic rings. The third-order valence-electron chi connectivity index (χ3n) is 6.64. The highest BCUT2D eigenvalue weighted by Crippen LogP contribution is 2.59. The SMILES string of the molecule is Cc1nc(C)c(-c2nnc(SCCCN3C[C@H]4C[C@@]4(c4ccc(C(F)(F)F)nc4)C3)n2C)s1. The van der Waals surface area contributed by atoms with Gasteiger partial charge in [0.2, 0.25) is 0 Å². The van der Waals surface area contributed by atoms with Gasteiger partial charge < -0.3 is 9.47 Å². The summed E-state index contributed by atoms with van der Waals surface area (Å²) >= 11 is 3.33. The predicted octanol–water partition coefficient (Wildman–Crippen LogP) is 4.72. The van der Waals surface area contributed by atoms with Crippen LogP contribution in [0.1, 0.15) is 34.8 Å². The lowest BCUT2D eigenvalue weighted by Crippen LogP contribution is -2.28. The molecule has 0 unspecified atom stereocenters. The summed E-state index contributed by atoms with van der Waals surface area (Å²) in [5.41, 5.74) is 1.10. The fourth-order valence-corrected chi connectivity index (χ4v) is 6.66. The molecule has 2 fully saturated rings. The van der Waals surface area contributed by atoms with E-state index in [4.69, 9.17) is 0 Å². The Bertz CT molecular complexity index is 1160. The number of aryl methyl sites for hydroxylation is 2. The number of halogens is 3.